The summed E-state index contributed by atoms with van der Waals surface area (Å²) in [5, 5.41) is 0. The van der Waals surface area contributed by atoms with Gasteiger partial charge in [-0.1, -0.05) is 30.3 Å². The van der Waals surface area contributed by atoms with Crippen molar-refractivity contribution >= 4 is 5.78 Å². The number of Topliss-reactive ketones (excluding diaryl/α,β-unsaturated/α-hetero) is 1. The van der Waals surface area contributed by atoms with Crippen LogP contribution in [0.2, 0.25) is 0 Å². The molecule has 0 saturated heterocycles. The van der Waals surface area contributed by atoms with Crippen molar-refractivity contribution in [1.29, 1.82) is 0 Å². The van der Waals surface area contributed by atoms with Gasteiger partial charge in [-0.05, 0) is 24.8 Å². The molecule has 1 saturated carbocycles. The van der Waals surface area contributed by atoms with E-state index < -0.39 is 0 Å². The van der Waals surface area contributed by atoms with Gasteiger partial charge >= 0.3 is 0 Å². The van der Waals surface area contributed by atoms with Crippen LogP contribution in [0.4, 0.5) is 0 Å². The van der Waals surface area contributed by atoms with Gasteiger partial charge in [0.2, 0.25) is 0 Å². The van der Waals surface area contributed by atoms with E-state index in [1.807, 2.05) is 18.2 Å². The summed E-state index contributed by atoms with van der Waals surface area (Å²) in [5.41, 5.74) is 6.84. The smallest absolute Gasteiger partial charge is 0.152 e. The minimum Gasteiger partial charge on any atom is -0.322 e. The van der Waals surface area contributed by atoms with E-state index in [1.54, 1.807) is 6.92 Å². The normalized spacial score (nSPS) is 27.0. The molecule has 1 aliphatic carbocycles. The fourth-order valence-corrected chi connectivity index (χ4v) is 1.92. The summed E-state index contributed by atoms with van der Waals surface area (Å²) in [6.45, 7) is 1.77. The molecule has 0 amide bonds. The third-order valence-electron chi connectivity index (χ3n) is 2.83. The maximum absolute atomic E-state index is 11.6. The van der Waals surface area contributed by atoms with Crippen molar-refractivity contribution in [3.8, 4) is 0 Å². The highest BCUT2D eigenvalue weighted by Gasteiger charge is 2.44. The summed E-state index contributed by atoms with van der Waals surface area (Å²) in [4.78, 5) is 11.6. The van der Waals surface area contributed by atoms with Gasteiger partial charge in [0.1, 0.15) is 0 Å². The summed E-state index contributed by atoms with van der Waals surface area (Å²) in [6.07, 6.45) is 0.977. The van der Waals surface area contributed by atoms with Gasteiger partial charge in [-0.25, -0.2) is 0 Å². The molecule has 74 valence electrons. The van der Waals surface area contributed by atoms with E-state index in [-0.39, 0.29) is 17.7 Å². The summed E-state index contributed by atoms with van der Waals surface area (Å²) in [5.74, 6) is 0.811. The van der Waals surface area contributed by atoms with Gasteiger partial charge in [-0.2, -0.15) is 0 Å². The molecule has 2 rings (SSSR count). The average molecular weight is 189 g/mol. The molecule has 1 fully saturated rings. The van der Waals surface area contributed by atoms with Gasteiger partial charge in [0, 0.05) is 5.92 Å². The van der Waals surface area contributed by atoms with E-state index in [9.17, 15) is 4.79 Å². The molecule has 1 aromatic carbocycles. The van der Waals surface area contributed by atoms with Crippen LogP contribution >= 0.6 is 0 Å². The Kier molecular flexibility index (Phi) is 2.38. The Bertz CT molecular complexity index is 331. The van der Waals surface area contributed by atoms with Crippen LogP contribution in [-0.4, -0.2) is 11.8 Å². The molecule has 2 N–H and O–H groups in total. The zero-order valence-corrected chi connectivity index (χ0v) is 8.31. The summed E-state index contributed by atoms with van der Waals surface area (Å²) < 4.78 is 0. The van der Waals surface area contributed by atoms with Crippen molar-refractivity contribution in [3.05, 3.63) is 35.9 Å². The second kappa shape index (κ2) is 3.54. The predicted molar refractivity (Wildman–Crippen MR) is 55.9 cm³/mol. The van der Waals surface area contributed by atoms with E-state index in [0.29, 0.717) is 5.92 Å². The maximum Gasteiger partial charge on any atom is 0.152 e. The first-order valence-electron chi connectivity index (χ1n) is 5.04. The van der Waals surface area contributed by atoms with Crippen LogP contribution in [0.15, 0.2) is 30.3 Å². The first kappa shape index (κ1) is 9.41. The van der Waals surface area contributed by atoms with Crippen LogP contribution in [-0.2, 0) is 4.79 Å². The Morgan fingerprint density at radius 3 is 2.64 bits per heavy atom. The van der Waals surface area contributed by atoms with Crippen LogP contribution in [0.1, 0.15) is 24.8 Å². The van der Waals surface area contributed by atoms with E-state index in [4.69, 9.17) is 5.73 Å². The van der Waals surface area contributed by atoms with Crippen LogP contribution in [0.5, 0.6) is 0 Å². The molecule has 0 aromatic heterocycles. The lowest BCUT2D eigenvalue weighted by Crippen LogP contribution is -2.28. The maximum atomic E-state index is 11.6. The number of hydrogen-bond acceptors (Lipinski definition) is 2. The molecule has 1 aliphatic rings. The molecule has 0 spiro atoms. The molecule has 0 bridgehead atoms. The summed E-state index contributed by atoms with van der Waals surface area (Å²) in [6, 6.07) is 9.88. The highest BCUT2D eigenvalue weighted by molar-refractivity contribution is 5.89. The minimum absolute atomic E-state index is 0.178. The van der Waals surface area contributed by atoms with Crippen molar-refractivity contribution in [2.45, 2.75) is 25.3 Å². The minimum atomic E-state index is -0.311. The van der Waals surface area contributed by atoms with Gasteiger partial charge < -0.3 is 5.73 Å². The monoisotopic (exact) mass is 189 g/mol. The van der Waals surface area contributed by atoms with Crippen molar-refractivity contribution in [2.75, 3.05) is 0 Å². The molecule has 0 aliphatic heterocycles. The molecule has 1 aromatic rings. The topological polar surface area (TPSA) is 43.1 Å². The summed E-state index contributed by atoms with van der Waals surface area (Å²) >= 11 is 0. The largest absolute Gasteiger partial charge is 0.322 e. The molecule has 3 unspecified atom stereocenters. The fraction of sp³-hybridized carbons (Fsp3) is 0.417. The molecule has 0 heterocycles. The first-order valence-corrected chi connectivity index (χ1v) is 5.04. The van der Waals surface area contributed by atoms with E-state index in [0.717, 1.165) is 6.42 Å². The number of hydrogen-bond donors (Lipinski definition) is 1. The standard InChI is InChI=1S/C12H15NO/c1-8(13)12(14)11-7-10(11)9-5-3-2-4-6-9/h2-6,8,10-11H,7,13H2,1H3. The van der Waals surface area contributed by atoms with Gasteiger partial charge in [0.05, 0.1) is 6.04 Å². The highest BCUT2D eigenvalue weighted by atomic mass is 16.1. The quantitative estimate of drug-likeness (QED) is 0.786. The van der Waals surface area contributed by atoms with Crippen molar-refractivity contribution < 1.29 is 4.79 Å². The number of nitrogens with two attached hydrogens (primary N) is 1. The van der Waals surface area contributed by atoms with Crippen LogP contribution in [0, 0.1) is 5.92 Å². The first-order chi connectivity index (χ1) is 6.70. The lowest BCUT2D eigenvalue weighted by molar-refractivity contribution is -0.121. The Labute approximate surface area is 84.1 Å². The van der Waals surface area contributed by atoms with E-state index in [1.165, 1.54) is 5.56 Å². The van der Waals surface area contributed by atoms with Crippen molar-refractivity contribution in [3.63, 3.8) is 0 Å². The zero-order valence-electron chi connectivity index (χ0n) is 8.31. The Balaban J connectivity index is 2.03. The number of rotatable bonds is 3. The van der Waals surface area contributed by atoms with Gasteiger partial charge in [-0.15, -0.1) is 0 Å². The molecular formula is C12H15NO. The molecule has 14 heavy (non-hydrogen) atoms. The van der Waals surface area contributed by atoms with Crippen LogP contribution < -0.4 is 5.73 Å². The third kappa shape index (κ3) is 1.70. The Morgan fingerprint density at radius 2 is 2.07 bits per heavy atom. The van der Waals surface area contributed by atoms with Gasteiger partial charge in [0.15, 0.2) is 5.78 Å². The third-order valence-corrected chi connectivity index (χ3v) is 2.83. The van der Waals surface area contributed by atoms with Gasteiger partial charge in [0.25, 0.3) is 0 Å². The number of carbonyl (C=O) groups is 1. The second-order valence-electron chi connectivity index (χ2n) is 4.05. The molecule has 2 heteroatoms. The molecule has 2 nitrogen and oxygen atoms in total. The lowest BCUT2D eigenvalue weighted by Gasteiger charge is -2.03. The molecule has 3 atom stereocenters. The number of carbonyl (C=O) groups excluding carboxylic acids is 1. The highest BCUT2D eigenvalue weighted by Crippen LogP contribution is 2.48. The number of benzene rings is 1. The molecular weight excluding hydrogens is 174 g/mol. The SMILES string of the molecule is CC(N)C(=O)C1CC1c1ccccc1. The van der Waals surface area contributed by atoms with Crippen molar-refractivity contribution in [2.24, 2.45) is 11.7 Å². The Morgan fingerprint density at radius 1 is 1.43 bits per heavy atom. The summed E-state index contributed by atoms with van der Waals surface area (Å²) in [7, 11) is 0. The second-order valence-corrected chi connectivity index (χ2v) is 4.05. The Hall–Kier alpha value is -1.15. The average Bonchev–Trinajstić information content (AvgIpc) is 2.97. The van der Waals surface area contributed by atoms with E-state index >= 15 is 0 Å². The molecule has 0 radical (unpaired) electrons. The fourth-order valence-electron chi connectivity index (χ4n) is 1.92. The van der Waals surface area contributed by atoms with Crippen LogP contribution in [0.25, 0.3) is 0 Å². The zero-order chi connectivity index (χ0) is 10.1. The van der Waals surface area contributed by atoms with Gasteiger partial charge in [-0.3, -0.25) is 4.79 Å². The predicted octanol–water partition coefficient (Wildman–Crippen LogP) is 1.71. The van der Waals surface area contributed by atoms with Crippen LogP contribution in [0.3, 0.4) is 0 Å². The van der Waals surface area contributed by atoms with Crippen molar-refractivity contribution in [1.82, 2.24) is 0 Å². The lowest BCUT2D eigenvalue weighted by atomic mass is 10.1. The van der Waals surface area contributed by atoms with E-state index in [2.05, 4.69) is 12.1 Å². The number of ketones is 1.